The van der Waals surface area contributed by atoms with Crippen LogP contribution >= 0.6 is 0 Å². The van der Waals surface area contributed by atoms with Crippen LogP contribution in [0.3, 0.4) is 0 Å². The second-order valence-corrected chi connectivity index (χ2v) is 10.4. The molecule has 4 rings (SSSR count). The van der Waals surface area contributed by atoms with Gasteiger partial charge < -0.3 is 25.2 Å². The number of carboxylic acids is 1. The number of nitrogens with zero attached hydrogens (tertiary/aromatic N) is 5. The van der Waals surface area contributed by atoms with Crippen LogP contribution in [0.2, 0.25) is 0 Å². The van der Waals surface area contributed by atoms with Crippen molar-refractivity contribution in [3.05, 3.63) is 29.8 Å². The molecule has 3 heterocycles. The summed E-state index contributed by atoms with van der Waals surface area (Å²) in [6.07, 6.45) is 0.557. The number of aliphatic carboxylic acids is 1. The third kappa shape index (κ3) is 7.68. The molecule has 214 valence electrons. The predicted molar refractivity (Wildman–Crippen MR) is 146 cm³/mol. The highest BCUT2D eigenvalue weighted by Crippen LogP contribution is 2.25. The number of ether oxygens (including phenoxy) is 2. The summed E-state index contributed by atoms with van der Waals surface area (Å²) in [5.74, 6) is -1.03. The van der Waals surface area contributed by atoms with Gasteiger partial charge in [-0.1, -0.05) is 0 Å². The van der Waals surface area contributed by atoms with Crippen LogP contribution < -0.4 is 10.6 Å². The first-order valence-corrected chi connectivity index (χ1v) is 13.7. The summed E-state index contributed by atoms with van der Waals surface area (Å²) >= 11 is 0. The van der Waals surface area contributed by atoms with Crippen molar-refractivity contribution in [1.82, 2.24) is 14.7 Å². The highest BCUT2D eigenvalue weighted by molar-refractivity contribution is 5.98. The fraction of sp³-hybridized carbons (Fsp3) is 0.630. The molecule has 0 spiro atoms. The summed E-state index contributed by atoms with van der Waals surface area (Å²) in [4.78, 5) is 48.4. The van der Waals surface area contributed by atoms with E-state index in [4.69, 9.17) is 15.2 Å². The third-order valence-electron chi connectivity index (χ3n) is 7.68. The summed E-state index contributed by atoms with van der Waals surface area (Å²) in [6, 6.07) is 7.30. The van der Waals surface area contributed by atoms with Gasteiger partial charge in [0.25, 0.3) is 0 Å². The van der Waals surface area contributed by atoms with Crippen molar-refractivity contribution in [1.29, 1.82) is 0 Å². The highest BCUT2D eigenvalue weighted by atomic mass is 16.6. The maximum atomic E-state index is 12.6. The number of esters is 1. The number of hydrogen-bond acceptors (Lipinski definition) is 9. The zero-order valence-electron chi connectivity index (χ0n) is 22.8. The first-order chi connectivity index (χ1) is 18.7. The van der Waals surface area contributed by atoms with Gasteiger partial charge in [0.2, 0.25) is 0 Å². The van der Waals surface area contributed by atoms with Gasteiger partial charge in [-0.2, -0.15) is 0 Å². The van der Waals surface area contributed by atoms with E-state index in [-0.39, 0.29) is 24.3 Å². The number of nitrogens with two attached hydrogens (primary N) is 1. The van der Waals surface area contributed by atoms with Gasteiger partial charge >= 0.3 is 18.0 Å². The summed E-state index contributed by atoms with van der Waals surface area (Å²) < 4.78 is 10.7. The second-order valence-electron chi connectivity index (χ2n) is 10.4. The molecule has 1 aromatic carbocycles. The van der Waals surface area contributed by atoms with E-state index in [1.54, 1.807) is 4.90 Å². The van der Waals surface area contributed by atoms with E-state index in [0.29, 0.717) is 57.9 Å². The van der Waals surface area contributed by atoms with Gasteiger partial charge in [-0.25, -0.2) is 9.79 Å². The molecule has 39 heavy (non-hydrogen) atoms. The number of aliphatic imine (C=N–C) groups is 1. The number of carbonyl (C=O) groups excluding carboxylic acids is 2. The topological polar surface area (TPSA) is 141 Å². The van der Waals surface area contributed by atoms with Crippen molar-refractivity contribution in [2.24, 2.45) is 16.6 Å². The van der Waals surface area contributed by atoms with Crippen molar-refractivity contribution >= 4 is 29.6 Å². The zero-order chi connectivity index (χ0) is 27.9. The molecule has 0 saturated carbocycles. The van der Waals surface area contributed by atoms with E-state index in [0.717, 1.165) is 37.4 Å². The van der Waals surface area contributed by atoms with E-state index in [2.05, 4.69) is 14.8 Å². The van der Waals surface area contributed by atoms with Gasteiger partial charge in [-0.3, -0.25) is 24.3 Å². The Labute approximate surface area is 229 Å². The number of anilines is 1. The minimum Gasteiger partial charge on any atom is -0.481 e. The van der Waals surface area contributed by atoms with Crippen LogP contribution in [0.4, 0.5) is 10.5 Å². The Morgan fingerprint density at radius 3 is 2.49 bits per heavy atom. The number of likely N-dealkylation sites (tertiary alicyclic amines) is 1. The lowest BCUT2D eigenvalue weighted by molar-refractivity contribution is -0.144. The average Bonchev–Trinajstić information content (AvgIpc) is 3.29. The number of carbonyl (C=O) groups is 3. The lowest BCUT2D eigenvalue weighted by atomic mass is 9.95. The van der Waals surface area contributed by atoms with E-state index >= 15 is 0 Å². The van der Waals surface area contributed by atoms with E-state index in [1.165, 1.54) is 0 Å². The fourth-order valence-corrected chi connectivity index (χ4v) is 5.28. The van der Waals surface area contributed by atoms with Gasteiger partial charge in [0.05, 0.1) is 25.5 Å². The number of amidine groups is 1. The Kier molecular flexibility index (Phi) is 9.76. The quantitative estimate of drug-likeness (QED) is 0.249. The van der Waals surface area contributed by atoms with Crippen LogP contribution in [0.5, 0.6) is 0 Å². The van der Waals surface area contributed by atoms with Gasteiger partial charge in [0.15, 0.2) is 0 Å². The molecule has 3 fully saturated rings. The molecule has 3 aliphatic heterocycles. The molecule has 0 aliphatic carbocycles. The number of cyclic esters (lactones) is 1. The molecule has 3 unspecified atom stereocenters. The molecule has 12 nitrogen and oxygen atoms in total. The van der Waals surface area contributed by atoms with E-state index < -0.39 is 11.9 Å². The number of piperazine rings is 1. The lowest BCUT2D eigenvalue weighted by Crippen LogP contribution is -2.49. The number of amides is 1. The molecule has 1 aromatic rings. The SMILES string of the molecule is CCOC(=O)CCN1CCN(CC2CN(c3ccc(C(N)=NC4CC(C(=O)O)CCN4C)cc3)C(=O)O2)CC1. The molecular weight excluding hydrogens is 504 g/mol. The van der Waals surface area contributed by atoms with Crippen molar-refractivity contribution in [3.63, 3.8) is 0 Å². The lowest BCUT2D eigenvalue weighted by Gasteiger charge is -2.35. The van der Waals surface area contributed by atoms with Gasteiger partial charge in [0, 0.05) is 57.1 Å². The molecular formula is C27H40N6O6. The largest absolute Gasteiger partial charge is 0.481 e. The third-order valence-corrected chi connectivity index (χ3v) is 7.68. The zero-order valence-corrected chi connectivity index (χ0v) is 22.8. The van der Waals surface area contributed by atoms with Crippen molar-refractivity contribution in [2.45, 2.75) is 38.5 Å². The Bertz CT molecular complexity index is 1040. The summed E-state index contributed by atoms with van der Waals surface area (Å²) in [5.41, 5.74) is 7.71. The maximum absolute atomic E-state index is 12.6. The van der Waals surface area contributed by atoms with Gasteiger partial charge in [0.1, 0.15) is 18.1 Å². The first-order valence-electron chi connectivity index (χ1n) is 13.7. The Morgan fingerprint density at radius 2 is 1.82 bits per heavy atom. The minimum absolute atomic E-state index is 0.161. The van der Waals surface area contributed by atoms with Crippen molar-refractivity contribution in [3.8, 4) is 0 Å². The first kappa shape index (κ1) is 28.8. The molecule has 12 heteroatoms. The van der Waals surface area contributed by atoms with Crippen LogP contribution in [0, 0.1) is 5.92 Å². The van der Waals surface area contributed by atoms with Crippen LogP contribution in [-0.2, 0) is 19.1 Å². The summed E-state index contributed by atoms with van der Waals surface area (Å²) in [6.45, 7) is 8.14. The van der Waals surface area contributed by atoms with Crippen molar-refractivity contribution < 1.29 is 29.0 Å². The number of benzene rings is 1. The second kappa shape index (κ2) is 13.2. The molecule has 0 aromatic heterocycles. The Balaban J connectivity index is 1.26. The van der Waals surface area contributed by atoms with Gasteiger partial charge in [-0.15, -0.1) is 0 Å². The van der Waals surface area contributed by atoms with Crippen LogP contribution in [0.25, 0.3) is 0 Å². The Hall–Kier alpha value is -3.22. The minimum atomic E-state index is -0.796. The predicted octanol–water partition coefficient (Wildman–Crippen LogP) is 1.04. The van der Waals surface area contributed by atoms with Gasteiger partial charge in [-0.05, 0) is 51.1 Å². The van der Waals surface area contributed by atoms with E-state index in [9.17, 15) is 19.5 Å². The number of piperidine rings is 1. The fourth-order valence-electron chi connectivity index (χ4n) is 5.28. The molecule has 3 atom stereocenters. The standard InChI is InChI=1S/C27H40N6O6/c1-3-38-24(34)9-11-31-12-14-32(15-13-31)17-22-18-33(27(37)39-22)21-6-4-19(5-7-21)25(28)29-23-16-20(26(35)36)8-10-30(23)2/h4-7,20,22-23H,3,8-18H2,1-2H3,(H2,28,29)(H,35,36). The van der Waals surface area contributed by atoms with Crippen LogP contribution in [-0.4, -0.2) is 122 Å². The molecule has 1 amide bonds. The number of carboxylic acid groups (broad SMARTS) is 1. The van der Waals surface area contributed by atoms with Crippen LogP contribution in [0.1, 0.15) is 31.7 Å². The molecule has 3 N–H and O–H groups in total. The molecule has 0 bridgehead atoms. The molecule has 0 radical (unpaired) electrons. The average molecular weight is 545 g/mol. The molecule has 3 aliphatic rings. The van der Waals surface area contributed by atoms with Crippen molar-refractivity contribution in [2.75, 3.05) is 70.9 Å². The maximum Gasteiger partial charge on any atom is 0.414 e. The normalized spacial score (nSPS) is 25.5. The smallest absolute Gasteiger partial charge is 0.414 e. The highest BCUT2D eigenvalue weighted by Gasteiger charge is 2.34. The monoisotopic (exact) mass is 544 g/mol. The molecule has 3 saturated heterocycles. The summed E-state index contributed by atoms with van der Waals surface area (Å²) in [7, 11) is 1.92. The van der Waals surface area contributed by atoms with Crippen LogP contribution in [0.15, 0.2) is 29.3 Å². The number of hydrogen-bond donors (Lipinski definition) is 2. The van der Waals surface area contributed by atoms with E-state index in [1.807, 2.05) is 43.1 Å². The Morgan fingerprint density at radius 1 is 1.13 bits per heavy atom. The summed E-state index contributed by atoms with van der Waals surface area (Å²) in [5, 5.41) is 9.36. The number of rotatable bonds is 10.